The fourth-order valence-corrected chi connectivity index (χ4v) is 2.78. The monoisotopic (exact) mass is 186 g/mol. The Morgan fingerprint density at radius 2 is 1.83 bits per heavy atom. The molecule has 0 aromatic heterocycles. The summed E-state index contributed by atoms with van der Waals surface area (Å²) in [5.41, 5.74) is 2.31. The summed E-state index contributed by atoms with van der Waals surface area (Å²) >= 11 is 0. The fraction of sp³-hybridized carbons (Fsp3) is 0.889. The zero-order valence-electron chi connectivity index (χ0n) is 8.01. The second-order valence-electron chi connectivity index (χ2n) is 3.04. The summed E-state index contributed by atoms with van der Waals surface area (Å²) in [7, 11) is -1.03. The summed E-state index contributed by atoms with van der Waals surface area (Å²) in [6.07, 6.45) is 4.07. The lowest BCUT2D eigenvalue weighted by Gasteiger charge is -2.22. The molecule has 0 amide bonds. The topological polar surface area (TPSA) is 18.5 Å². The van der Waals surface area contributed by atoms with Crippen molar-refractivity contribution in [3.63, 3.8) is 0 Å². The first kappa shape index (κ1) is 9.77. The van der Waals surface area contributed by atoms with Crippen molar-refractivity contribution in [3.8, 4) is 0 Å². The van der Waals surface area contributed by atoms with Crippen LogP contribution in [0.4, 0.5) is 0 Å². The second kappa shape index (κ2) is 5.35. The number of hydrogen-bond acceptors (Lipinski definition) is 2. The van der Waals surface area contributed by atoms with Crippen molar-refractivity contribution in [2.24, 2.45) is 5.92 Å². The normalized spacial score (nSPS) is 16.5. The first-order chi connectivity index (χ1) is 5.86. The van der Waals surface area contributed by atoms with E-state index in [4.69, 9.17) is 8.85 Å². The van der Waals surface area contributed by atoms with Crippen LogP contribution in [0.15, 0.2) is 0 Å². The third kappa shape index (κ3) is 2.97. The average molecular weight is 186 g/mol. The lowest BCUT2D eigenvalue weighted by molar-refractivity contribution is 0.233. The molecule has 1 rings (SSSR count). The maximum absolute atomic E-state index is 5.51. The minimum Gasteiger partial charge on any atom is -0.524 e. The Hall–Kier alpha value is -0.313. The van der Waals surface area contributed by atoms with Gasteiger partial charge in [0.15, 0.2) is 0 Å². The summed E-state index contributed by atoms with van der Waals surface area (Å²) in [4.78, 5) is 0. The third-order valence-electron chi connectivity index (χ3n) is 2.09. The van der Waals surface area contributed by atoms with Gasteiger partial charge in [-0.3, -0.25) is 0 Å². The van der Waals surface area contributed by atoms with Gasteiger partial charge in [-0.1, -0.05) is 6.42 Å². The molecule has 0 radical (unpaired) electrons. The van der Waals surface area contributed by atoms with E-state index in [0.29, 0.717) is 0 Å². The van der Waals surface area contributed by atoms with Gasteiger partial charge >= 0.3 is 8.90 Å². The van der Waals surface area contributed by atoms with Crippen LogP contribution >= 0.6 is 0 Å². The van der Waals surface area contributed by atoms with Crippen LogP contribution in [0.25, 0.3) is 0 Å². The molecular weight excluding hydrogens is 168 g/mol. The molecule has 3 heteroatoms. The third-order valence-corrected chi connectivity index (χ3v) is 3.98. The summed E-state index contributed by atoms with van der Waals surface area (Å²) in [5.74, 6) is 0.789. The summed E-state index contributed by atoms with van der Waals surface area (Å²) in [6.45, 7) is 5.60. The molecule has 0 unspecified atom stereocenters. The molecule has 2 nitrogen and oxygen atoms in total. The first-order valence-corrected chi connectivity index (χ1v) is 6.23. The molecule has 70 valence electrons. The highest BCUT2D eigenvalue weighted by molar-refractivity contribution is 6.54. The highest BCUT2D eigenvalue weighted by Crippen LogP contribution is 2.23. The summed E-state index contributed by atoms with van der Waals surface area (Å²) in [5, 5.41) is 0. The maximum atomic E-state index is 5.51. The molecule has 0 aromatic rings. The molecule has 1 aliphatic rings. The predicted molar refractivity (Wildman–Crippen MR) is 52.4 cm³/mol. The van der Waals surface area contributed by atoms with Crippen molar-refractivity contribution in [1.29, 1.82) is 0 Å². The maximum Gasteiger partial charge on any atom is 0.475 e. The van der Waals surface area contributed by atoms with E-state index in [1.54, 1.807) is 0 Å². The molecule has 1 saturated carbocycles. The summed E-state index contributed by atoms with van der Waals surface area (Å²) < 4.78 is 11.0. The van der Waals surface area contributed by atoms with Crippen LogP contribution in [0.3, 0.4) is 0 Å². The molecule has 0 aromatic carbocycles. The molecule has 0 saturated heterocycles. The van der Waals surface area contributed by atoms with Gasteiger partial charge in [0.2, 0.25) is 0 Å². The highest BCUT2D eigenvalue weighted by Gasteiger charge is 2.17. The van der Waals surface area contributed by atoms with Gasteiger partial charge in [-0.05, 0) is 38.3 Å². The highest BCUT2D eigenvalue weighted by atomic mass is 28.3. The predicted octanol–water partition coefficient (Wildman–Crippen LogP) is 1.73. The van der Waals surface area contributed by atoms with Gasteiger partial charge in [-0.25, -0.2) is 0 Å². The fourth-order valence-electron chi connectivity index (χ4n) is 1.22. The molecule has 0 spiro atoms. The molecule has 0 aliphatic heterocycles. The standard InChI is InChI=1S/C9H18O2Si/c1-3-10-12(11-4-2)8-9-6-5-7-9/h8-9H,3-7H2,1-2H3. The van der Waals surface area contributed by atoms with Crippen LogP contribution in [0.1, 0.15) is 33.1 Å². The second-order valence-corrected chi connectivity index (χ2v) is 4.59. The van der Waals surface area contributed by atoms with Crippen LogP contribution in [0.5, 0.6) is 0 Å². The number of hydrogen-bond donors (Lipinski definition) is 0. The van der Waals surface area contributed by atoms with Crippen LogP contribution in [0, 0.1) is 5.92 Å². The van der Waals surface area contributed by atoms with Crippen LogP contribution in [0.2, 0.25) is 0 Å². The lowest BCUT2D eigenvalue weighted by atomic mass is 9.87. The Balaban J connectivity index is 2.32. The molecule has 0 atom stereocenters. The van der Waals surface area contributed by atoms with Gasteiger partial charge in [0, 0.05) is 0 Å². The summed E-state index contributed by atoms with van der Waals surface area (Å²) in [6, 6.07) is 0. The van der Waals surface area contributed by atoms with E-state index in [1.807, 2.05) is 13.8 Å². The Morgan fingerprint density at radius 3 is 2.17 bits per heavy atom. The van der Waals surface area contributed by atoms with Crippen LogP contribution < -0.4 is 0 Å². The van der Waals surface area contributed by atoms with Crippen molar-refractivity contribution in [1.82, 2.24) is 0 Å². The average Bonchev–Trinajstić information content (AvgIpc) is 1.97. The molecule has 1 aliphatic carbocycles. The van der Waals surface area contributed by atoms with Crippen molar-refractivity contribution < 1.29 is 8.85 Å². The largest absolute Gasteiger partial charge is 0.524 e. The van der Waals surface area contributed by atoms with E-state index in [1.165, 1.54) is 19.3 Å². The lowest BCUT2D eigenvalue weighted by Crippen LogP contribution is -2.23. The van der Waals surface area contributed by atoms with Gasteiger partial charge in [0.1, 0.15) is 0 Å². The molecular formula is C9H18O2Si. The van der Waals surface area contributed by atoms with E-state index < -0.39 is 8.90 Å². The van der Waals surface area contributed by atoms with Gasteiger partial charge in [-0.15, -0.1) is 0 Å². The number of rotatable bonds is 5. The molecule has 1 fully saturated rings. The van der Waals surface area contributed by atoms with Crippen molar-refractivity contribution in [2.45, 2.75) is 33.1 Å². The van der Waals surface area contributed by atoms with Crippen LogP contribution in [-0.4, -0.2) is 27.8 Å². The van der Waals surface area contributed by atoms with Gasteiger partial charge in [-0.2, -0.15) is 0 Å². The first-order valence-electron chi connectivity index (χ1n) is 4.84. The Bertz CT molecular complexity index is 145. The zero-order chi connectivity index (χ0) is 8.81. The zero-order valence-corrected chi connectivity index (χ0v) is 9.01. The van der Waals surface area contributed by atoms with E-state index >= 15 is 0 Å². The van der Waals surface area contributed by atoms with Gasteiger partial charge < -0.3 is 8.85 Å². The van der Waals surface area contributed by atoms with Crippen molar-refractivity contribution in [3.05, 3.63) is 0 Å². The Morgan fingerprint density at radius 1 is 1.25 bits per heavy atom. The van der Waals surface area contributed by atoms with E-state index in [0.717, 1.165) is 19.1 Å². The van der Waals surface area contributed by atoms with Crippen LogP contribution in [-0.2, 0) is 8.85 Å². The quantitative estimate of drug-likeness (QED) is 0.609. The molecule has 0 bridgehead atoms. The van der Waals surface area contributed by atoms with E-state index in [-0.39, 0.29) is 0 Å². The molecule has 0 heterocycles. The Labute approximate surface area is 76.3 Å². The molecule has 12 heavy (non-hydrogen) atoms. The Kier molecular flexibility index (Phi) is 4.36. The van der Waals surface area contributed by atoms with E-state index in [9.17, 15) is 0 Å². The van der Waals surface area contributed by atoms with Gasteiger partial charge in [0.25, 0.3) is 0 Å². The smallest absolute Gasteiger partial charge is 0.475 e. The molecule has 0 N–H and O–H groups in total. The minimum absolute atomic E-state index is 0.775. The van der Waals surface area contributed by atoms with Crippen molar-refractivity contribution in [2.75, 3.05) is 13.2 Å². The van der Waals surface area contributed by atoms with E-state index in [2.05, 4.69) is 5.67 Å². The SMILES string of the molecule is CCO[Si](=CC1CCC1)OCC. The van der Waals surface area contributed by atoms with Crippen molar-refractivity contribution >= 4 is 14.6 Å². The van der Waals surface area contributed by atoms with Gasteiger partial charge in [0.05, 0.1) is 13.2 Å². The minimum atomic E-state index is -1.03.